The molecule has 8 heteroatoms. The molecule has 0 atom stereocenters. The summed E-state index contributed by atoms with van der Waals surface area (Å²) < 4.78 is 13.0. The Hall–Kier alpha value is -1.22. The number of carboxylic acids is 1. The van der Waals surface area contributed by atoms with Gasteiger partial charge in [0.15, 0.2) is 0 Å². The Morgan fingerprint density at radius 3 is 2.57 bits per heavy atom. The maximum atomic E-state index is 10.8. The predicted octanol–water partition coefficient (Wildman–Crippen LogP) is 5.38. The Bertz CT molecular complexity index is 937. The summed E-state index contributed by atoms with van der Waals surface area (Å²) in [6.07, 6.45) is 2.12. The Balaban J connectivity index is 1.41. The average molecular weight is 562 g/mol. The van der Waals surface area contributed by atoms with Gasteiger partial charge in [-0.25, -0.2) is 0 Å². The van der Waals surface area contributed by atoms with Crippen LogP contribution in [0.5, 0.6) is 11.5 Å². The molecule has 5 nitrogen and oxygen atoms in total. The standard InChI is InChI=1S/C22H22Cl2INO4/c23-18-9-14(25)10-19(24)16(18)12-29-15-1-2-17-20(11-15)30-13-22(17)4-7-26(8-5-22)6-3-21(27)28/h1-2,9-11H,3-8,12-13H2,(H,27,28). The molecule has 1 N–H and O–H groups in total. The normalized spacial score (nSPS) is 17.6. The number of hydrogen-bond donors (Lipinski definition) is 1. The second-order valence-corrected chi connectivity index (χ2v) is 9.91. The number of carboxylic acid groups (broad SMARTS) is 1. The molecule has 2 aliphatic rings. The zero-order chi connectivity index (χ0) is 21.3. The summed E-state index contributed by atoms with van der Waals surface area (Å²) in [5, 5.41) is 10.1. The second kappa shape index (κ2) is 9.10. The van der Waals surface area contributed by atoms with E-state index in [0.29, 0.717) is 23.2 Å². The minimum atomic E-state index is -0.745. The van der Waals surface area contributed by atoms with Gasteiger partial charge in [0.1, 0.15) is 18.1 Å². The molecule has 0 bridgehead atoms. The van der Waals surface area contributed by atoms with E-state index in [9.17, 15) is 4.79 Å². The smallest absolute Gasteiger partial charge is 0.304 e. The van der Waals surface area contributed by atoms with E-state index >= 15 is 0 Å². The fraction of sp³-hybridized carbons (Fsp3) is 0.409. The molecule has 0 aliphatic carbocycles. The van der Waals surface area contributed by atoms with Crippen LogP contribution in [0.25, 0.3) is 0 Å². The third kappa shape index (κ3) is 4.66. The average Bonchev–Trinajstić information content (AvgIpc) is 3.04. The van der Waals surface area contributed by atoms with Crippen molar-refractivity contribution >= 4 is 51.8 Å². The number of likely N-dealkylation sites (tertiary alicyclic amines) is 1. The molecule has 2 aromatic rings. The van der Waals surface area contributed by atoms with Crippen molar-refractivity contribution in [2.24, 2.45) is 0 Å². The van der Waals surface area contributed by atoms with Gasteiger partial charge < -0.3 is 19.5 Å². The van der Waals surface area contributed by atoms with Crippen molar-refractivity contribution in [1.82, 2.24) is 4.90 Å². The Labute approximate surface area is 199 Å². The summed E-state index contributed by atoms with van der Waals surface area (Å²) in [6, 6.07) is 9.74. The van der Waals surface area contributed by atoms with E-state index in [0.717, 1.165) is 46.6 Å². The largest absolute Gasteiger partial charge is 0.492 e. The molecular formula is C22H22Cl2INO4. The molecule has 0 aromatic heterocycles. The zero-order valence-corrected chi connectivity index (χ0v) is 20.0. The molecule has 2 heterocycles. The van der Waals surface area contributed by atoms with Gasteiger partial charge >= 0.3 is 5.97 Å². The molecule has 1 spiro atoms. The van der Waals surface area contributed by atoms with Crippen molar-refractivity contribution in [2.75, 3.05) is 26.2 Å². The van der Waals surface area contributed by atoms with E-state index < -0.39 is 5.97 Å². The van der Waals surface area contributed by atoms with Crippen molar-refractivity contribution in [1.29, 1.82) is 0 Å². The third-order valence-electron chi connectivity index (χ3n) is 5.97. The van der Waals surface area contributed by atoms with Gasteiger partial charge in [-0.15, -0.1) is 0 Å². The Kier molecular flexibility index (Phi) is 6.67. The third-order valence-corrected chi connectivity index (χ3v) is 7.27. The summed E-state index contributed by atoms with van der Waals surface area (Å²) in [4.78, 5) is 13.0. The number of aliphatic carboxylic acids is 1. The van der Waals surface area contributed by atoms with Crippen LogP contribution in [0.15, 0.2) is 30.3 Å². The van der Waals surface area contributed by atoms with Crippen LogP contribution in [0.2, 0.25) is 10.0 Å². The number of piperidine rings is 1. The second-order valence-electron chi connectivity index (χ2n) is 7.85. The summed E-state index contributed by atoms with van der Waals surface area (Å²) in [6.45, 7) is 3.33. The molecule has 1 saturated heterocycles. The molecule has 2 aromatic carbocycles. The van der Waals surface area contributed by atoms with Crippen molar-refractivity contribution < 1.29 is 19.4 Å². The lowest BCUT2D eigenvalue weighted by atomic mass is 9.74. The van der Waals surface area contributed by atoms with Crippen molar-refractivity contribution in [3.05, 3.63) is 55.1 Å². The van der Waals surface area contributed by atoms with Crippen LogP contribution in [-0.2, 0) is 16.8 Å². The van der Waals surface area contributed by atoms with Crippen LogP contribution in [0, 0.1) is 3.57 Å². The van der Waals surface area contributed by atoms with E-state index in [1.165, 1.54) is 5.56 Å². The fourth-order valence-electron chi connectivity index (χ4n) is 4.18. The van der Waals surface area contributed by atoms with E-state index in [-0.39, 0.29) is 18.4 Å². The van der Waals surface area contributed by atoms with Gasteiger partial charge in [0.05, 0.1) is 13.0 Å². The van der Waals surface area contributed by atoms with E-state index in [4.69, 9.17) is 37.8 Å². The maximum absolute atomic E-state index is 10.8. The molecule has 0 radical (unpaired) electrons. The van der Waals surface area contributed by atoms with Crippen LogP contribution in [0.3, 0.4) is 0 Å². The van der Waals surface area contributed by atoms with Gasteiger partial charge in [-0.05, 0) is 66.7 Å². The highest BCUT2D eigenvalue weighted by Gasteiger charge is 2.43. The van der Waals surface area contributed by atoms with Crippen molar-refractivity contribution in [3.8, 4) is 11.5 Å². The van der Waals surface area contributed by atoms with Gasteiger partial charge in [-0.1, -0.05) is 29.3 Å². The molecule has 160 valence electrons. The fourth-order valence-corrected chi connectivity index (χ4v) is 5.77. The Morgan fingerprint density at radius 1 is 1.20 bits per heavy atom. The molecule has 0 saturated carbocycles. The van der Waals surface area contributed by atoms with E-state index in [1.54, 1.807) is 0 Å². The lowest BCUT2D eigenvalue weighted by Crippen LogP contribution is -2.44. The number of benzene rings is 2. The SMILES string of the molecule is O=C(O)CCN1CCC2(CC1)COc1cc(OCc3c(Cl)cc(I)cc3Cl)ccc12. The maximum Gasteiger partial charge on any atom is 0.304 e. The minimum Gasteiger partial charge on any atom is -0.492 e. The number of hydrogen-bond acceptors (Lipinski definition) is 4. The molecule has 30 heavy (non-hydrogen) atoms. The van der Waals surface area contributed by atoms with Gasteiger partial charge in [0, 0.05) is 42.8 Å². The number of rotatable bonds is 6. The number of nitrogens with zero attached hydrogens (tertiary/aromatic N) is 1. The topological polar surface area (TPSA) is 59.0 Å². The summed E-state index contributed by atoms with van der Waals surface area (Å²) in [5.74, 6) is 0.840. The first kappa shape index (κ1) is 22.0. The van der Waals surface area contributed by atoms with E-state index in [2.05, 4.69) is 33.6 Å². The zero-order valence-electron chi connectivity index (χ0n) is 16.3. The minimum absolute atomic E-state index is 0.0102. The van der Waals surface area contributed by atoms with Crippen LogP contribution >= 0.6 is 45.8 Å². The number of halogens is 3. The van der Waals surface area contributed by atoms with Crippen molar-refractivity contribution in [3.63, 3.8) is 0 Å². The molecule has 4 rings (SSSR count). The predicted molar refractivity (Wildman–Crippen MR) is 125 cm³/mol. The highest BCUT2D eigenvalue weighted by molar-refractivity contribution is 14.1. The molecular weight excluding hydrogens is 540 g/mol. The highest BCUT2D eigenvalue weighted by atomic mass is 127. The van der Waals surface area contributed by atoms with Crippen LogP contribution in [0.1, 0.15) is 30.4 Å². The summed E-state index contributed by atoms with van der Waals surface area (Å²) in [7, 11) is 0. The van der Waals surface area contributed by atoms with Crippen molar-refractivity contribution in [2.45, 2.75) is 31.3 Å². The highest BCUT2D eigenvalue weighted by Crippen LogP contribution is 2.46. The molecule has 0 amide bonds. The van der Waals surface area contributed by atoms with Gasteiger partial charge in [-0.3, -0.25) is 4.79 Å². The van der Waals surface area contributed by atoms with Gasteiger partial charge in [0.25, 0.3) is 0 Å². The first-order valence-electron chi connectivity index (χ1n) is 9.84. The Morgan fingerprint density at radius 2 is 1.90 bits per heavy atom. The monoisotopic (exact) mass is 561 g/mol. The molecule has 1 fully saturated rings. The number of carbonyl (C=O) groups is 1. The van der Waals surface area contributed by atoms with Crippen LogP contribution in [-0.4, -0.2) is 42.2 Å². The first-order valence-corrected chi connectivity index (χ1v) is 11.7. The lowest BCUT2D eigenvalue weighted by Gasteiger charge is -2.38. The first-order chi connectivity index (χ1) is 14.4. The quantitative estimate of drug-likeness (QED) is 0.480. The van der Waals surface area contributed by atoms with Gasteiger partial charge in [0.2, 0.25) is 0 Å². The van der Waals surface area contributed by atoms with Crippen LogP contribution < -0.4 is 9.47 Å². The van der Waals surface area contributed by atoms with Gasteiger partial charge in [-0.2, -0.15) is 0 Å². The summed E-state index contributed by atoms with van der Waals surface area (Å²) in [5.41, 5.74) is 2.00. The number of ether oxygens (including phenoxy) is 2. The summed E-state index contributed by atoms with van der Waals surface area (Å²) >= 11 is 14.8. The number of fused-ring (bicyclic) bond motifs is 2. The van der Waals surface area contributed by atoms with E-state index in [1.807, 2.05) is 24.3 Å². The molecule has 0 unspecified atom stereocenters. The lowest BCUT2D eigenvalue weighted by molar-refractivity contribution is -0.137. The van der Waals surface area contributed by atoms with Crippen LogP contribution in [0.4, 0.5) is 0 Å². The molecule has 2 aliphatic heterocycles.